The SMILES string of the molecule is CC(O)CN(CC(=O)NC(C)c1ccccc1)C(C)C. The molecule has 20 heavy (non-hydrogen) atoms. The van der Waals surface area contributed by atoms with Crippen molar-refractivity contribution in [2.45, 2.75) is 45.9 Å². The summed E-state index contributed by atoms with van der Waals surface area (Å²) in [5.41, 5.74) is 1.09. The fourth-order valence-electron chi connectivity index (χ4n) is 2.09. The van der Waals surface area contributed by atoms with Crippen LogP contribution in [0, 0.1) is 0 Å². The Labute approximate surface area is 121 Å². The first-order valence-corrected chi connectivity index (χ1v) is 7.16. The number of aliphatic hydroxyl groups is 1. The topological polar surface area (TPSA) is 52.6 Å². The van der Waals surface area contributed by atoms with Crippen molar-refractivity contribution in [2.24, 2.45) is 0 Å². The summed E-state index contributed by atoms with van der Waals surface area (Å²) in [4.78, 5) is 14.1. The van der Waals surface area contributed by atoms with E-state index in [0.29, 0.717) is 13.1 Å². The first-order valence-electron chi connectivity index (χ1n) is 7.16. The number of hydrogen-bond donors (Lipinski definition) is 2. The molecule has 2 atom stereocenters. The van der Waals surface area contributed by atoms with Crippen LogP contribution in [0.25, 0.3) is 0 Å². The Kier molecular flexibility index (Phi) is 6.68. The number of nitrogens with one attached hydrogen (secondary N) is 1. The van der Waals surface area contributed by atoms with Crippen LogP contribution in [0.4, 0.5) is 0 Å². The summed E-state index contributed by atoms with van der Waals surface area (Å²) in [5.74, 6) is -0.0179. The molecule has 2 N–H and O–H groups in total. The summed E-state index contributed by atoms with van der Waals surface area (Å²) in [6.45, 7) is 8.57. The van der Waals surface area contributed by atoms with Crippen molar-refractivity contribution in [3.63, 3.8) is 0 Å². The van der Waals surface area contributed by atoms with Gasteiger partial charge in [0.25, 0.3) is 0 Å². The standard InChI is InChI=1S/C16H26N2O2/c1-12(2)18(10-13(3)19)11-16(20)17-14(4)15-8-6-5-7-9-15/h5-9,12-14,19H,10-11H2,1-4H3,(H,17,20). The number of benzene rings is 1. The van der Waals surface area contributed by atoms with Gasteiger partial charge in [0.2, 0.25) is 5.91 Å². The predicted octanol–water partition coefficient (Wildman–Crippen LogP) is 1.95. The normalized spacial score (nSPS) is 14.3. The minimum absolute atomic E-state index is 0.00994. The molecule has 0 heterocycles. The molecular weight excluding hydrogens is 252 g/mol. The lowest BCUT2D eigenvalue weighted by Crippen LogP contribution is -2.44. The van der Waals surface area contributed by atoms with Gasteiger partial charge >= 0.3 is 0 Å². The van der Waals surface area contributed by atoms with Gasteiger partial charge in [-0.1, -0.05) is 30.3 Å². The lowest BCUT2D eigenvalue weighted by atomic mass is 10.1. The molecule has 0 aliphatic heterocycles. The van der Waals surface area contributed by atoms with Crippen molar-refractivity contribution in [2.75, 3.05) is 13.1 Å². The summed E-state index contributed by atoms with van der Waals surface area (Å²) in [5, 5.41) is 12.5. The fourth-order valence-corrected chi connectivity index (χ4v) is 2.09. The molecule has 2 unspecified atom stereocenters. The van der Waals surface area contributed by atoms with Gasteiger partial charge in [-0.2, -0.15) is 0 Å². The van der Waals surface area contributed by atoms with Crippen molar-refractivity contribution in [1.82, 2.24) is 10.2 Å². The zero-order chi connectivity index (χ0) is 15.1. The van der Waals surface area contributed by atoms with Gasteiger partial charge in [0.05, 0.1) is 18.7 Å². The Morgan fingerprint density at radius 3 is 2.30 bits per heavy atom. The number of nitrogens with zero attached hydrogens (tertiary/aromatic N) is 1. The number of hydrogen-bond acceptors (Lipinski definition) is 3. The number of rotatable bonds is 7. The van der Waals surface area contributed by atoms with E-state index in [1.165, 1.54) is 0 Å². The van der Waals surface area contributed by atoms with Crippen LogP contribution in [0.1, 0.15) is 39.3 Å². The first-order chi connectivity index (χ1) is 9.40. The van der Waals surface area contributed by atoms with Gasteiger partial charge in [-0.05, 0) is 33.3 Å². The van der Waals surface area contributed by atoms with E-state index >= 15 is 0 Å². The Morgan fingerprint density at radius 1 is 1.20 bits per heavy atom. The molecular formula is C16H26N2O2. The number of carbonyl (C=O) groups is 1. The zero-order valence-corrected chi connectivity index (χ0v) is 12.8. The highest BCUT2D eigenvalue weighted by Crippen LogP contribution is 2.11. The van der Waals surface area contributed by atoms with E-state index in [0.717, 1.165) is 5.56 Å². The van der Waals surface area contributed by atoms with E-state index in [-0.39, 0.29) is 18.0 Å². The smallest absolute Gasteiger partial charge is 0.234 e. The molecule has 0 saturated carbocycles. The predicted molar refractivity (Wildman–Crippen MR) is 81.4 cm³/mol. The summed E-state index contributed by atoms with van der Waals surface area (Å²) in [7, 11) is 0. The van der Waals surface area contributed by atoms with Crippen LogP contribution in [0.5, 0.6) is 0 Å². The maximum atomic E-state index is 12.1. The van der Waals surface area contributed by atoms with E-state index in [4.69, 9.17) is 0 Å². The average molecular weight is 278 g/mol. The van der Waals surface area contributed by atoms with Crippen LogP contribution in [-0.2, 0) is 4.79 Å². The second-order valence-corrected chi connectivity index (χ2v) is 5.57. The minimum Gasteiger partial charge on any atom is -0.392 e. The van der Waals surface area contributed by atoms with Gasteiger partial charge in [0.1, 0.15) is 0 Å². The third-order valence-electron chi connectivity index (χ3n) is 3.25. The zero-order valence-electron chi connectivity index (χ0n) is 12.8. The van der Waals surface area contributed by atoms with E-state index in [2.05, 4.69) is 5.32 Å². The molecule has 0 saturated heterocycles. The van der Waals surface area contributed by atoms with Gasteiger partial charge in [0.15, 0.2) is 0 Å². The molecule has 1 amide bonds. The van der Waals surface area contributed by atoms with Gasteiger partial charge in [-0.15, -0.1) is 0 Å². The Morgan fingerprint density at radius 2 is 1.80 bits per heavy atom. The molecule has 112 valence electrons. The van der Waals surface area contributed by atoms with Crippen LogP contribution in [-0.4, -0.2) is 41.1 Å². The summed E-state index contributed by atoms with van der Waals surface area (Å²) in [6.07, 6.45) is -0.434. The van der Waals surface area contributed by atoms with E-state index in [9.17, 15) is 9.90 Å². The Hall–Kier alpha value is -1.39. The molecule has 0 aliphatic carbocycles. The van der Waals surface area contributed by atoms with E-state index < -0.39 is 6.10 Å². The van der Waals surface area contributed by atoms with E-state index in [1.807, 2.05) is 56.0 Å². The van der Waals surface area contributed by atoms with Crippen molar-refractivity contribution >= 4 is 5.91 Å². The lowest BCUT2D eigenvalue weighted by Gasteiger charge is -2.27. The molecule has 0 spiro atoms. The number of carbonyl (C=O) groups excluding carboxylic acids is 1. The minimum atomic E-state index is -0.434. The maximum absolute atomic E-state index is 12.1. The van der Waals surface area contributed by atoms with Crippen molar-refractivity contribution in [3.8, 4) is 0 Å². The molecule has 1 aromatic carbocycles. The third kappa shape index (κ3) is 5.72. The molecule has 4 heteroatoms. The second-order valence-electron chi connectivity index (χ2n) is 5.57. The maximum Gasteiger partial charge on any atom is 0.234 e. The largest absolute Gasteiger partial charge is 0.392 e. The van der Waals surface area contributed by atoms with Gasteiger partial charge in [0, 0.05) is 12.6 Å². The lowest BCUT2D eigenvalue weighted by molar-refractivity contribution is -0.123. The van der Waals surface area contributed by atoms with Crippen LogP contribution >= 0.6 is 0 Å². The van der Waals surface area contributed by atoms with Crippen molar-refractivity contribution in [1.29, 1.82) is 0 Å². The monoisotopic (exact) mass is 278 g/mol. The van der Waals surface area contributed by atoms with Crippen molar-refractivity contribution in [3.05, 3.63) is 35.9 Å². The van der Waals surface area contributed by atoms with Crippen molar-refractivity contribution < 1.29 is 9.90 Å². The summed E-state index contributed by atoms with van der Waals surface area (Å²) in [6, 6.07) is 10.1. The Balaban J connectivity index is 2.53. The third-order valence-corrected chi connectivity index (χ3v) is 3.25. The number of amides is 1. The molecule has 1 rings (SSSR count). The van der Waals surface area contributed by atoms with Gasteiger partial charge in [-0.3, -0.25) is 9.69 Å². The molecule has 1 aromatic rings. The highest BCUT2D eigenvalue weighted by molar-refractivity contribution is 5.78. The summed E-state index contributed by atoms with van der Waals surface area (Å²) >= 11 is 0. The van der Waals surface area contributed by atoms with Crippen LogP contribution < -0.4 is 5.32 Å². The molecule has 0 bridgehead atoms. The molecule has 0 aliphatic rings. The number of aliphatic hydroxyl groups excluding tert-OH is 1. The molecule has 0 radical (unpaired) electrons. The molecule has 0 aromatic heterocycles. The molecule has 4 nitrogen and oxygen atoms in total. The average Bonchev–Trinajstić information content (AvgIpc) is 2.38. The second kappa shape index (κ2) is 8.02. The van der Waals surface area contributed by atoms with Crippen LogP contribution in [0.2, 0.25) is 0 Å². The van der Waals surface area contributed by atoms with Gasteiger partial charge in [-0.25, -0.2) is 0 Å². The van der Waals surface area contributed by atoms with Crippen LogP contribution in [0.15, 0.2) is 30.3 Å². The first kappa shape index (κ1) is 16.7. The van der Waals surface area contributed by atoms with Gasteiger partial charge < -0.3 is 10.4 Å². The van der Waals surface area contributed by atoms with E-state index in [1.54, 1.807) is 6.92 Å². The molecule has 0 fully saturated rings. The quantitative estimate of drug-likeness (QED) is 0.801. The fraction of sp³-hybridized carbons (Fsp3) is 0.562. The highest BCUT2D eigenvalue weighted by Gasteiger charge is 2.17. The summed E-state index contributed by atoms with van der Waals surface area (Å²) < 4.78 is 0. The Bertz CT molecular complexity index is 404. The van der Waals surface area contributed by atoms with Crippen LogP contribution in [0.3, 0.4) is 0 Å². The highest BCUT2D eigenvalue weighted by atomic mass is 16.3.